The van der Waals surface area contributed by atoms with Crippen molar-refractivity contribution in [3.63, 3.8) is 0 Å². The van der Waals surface area contributed by atoms with Crippen LogP contribution < -0.4 is 10.1 Å². The maximum atomic E-state index is 13.5. The lowest BCUT2D eigenvalue weighted by Crippen LogP contribution is -2.25. The maximum absolute atomic E-state index is 13.5. The Morgan fingerprint density at radius 1 is 1.08 bits per heavy atom. The number of nitrogens with zero attached hydrogens (tertiary/aromatic N) is 3. The summed E-state index contributed by atoms with van der Waals surface area (Å²) < 4.78 is 18.8. The Morgan fingerprint density at radius 3 is 2.50 bits per heavy atom. The second-order valence-corrected chi connectivity index (χ2v) is 10.5. The monoisotopic (exact) mass is 530 g/mol. The van der Waals surface area contributed by atoms with Crippen molar-refractivity contribution in [2.75, 3.05) is 12.4 Å². The first kappa shape index (κ1) is 25.7. The van der Waals surface area contributed by atoms with Gasteiger partial charge in [-0.1, -0.05) is 42.1 Å². The molecule has 3 aromatic carbocycles. The van der Waals surface area contributed by atoms with Gasteiger partial charge in [0.05, 0.1) is 18.9 Å². The Balaban J connectivity index is 1.34. The molecule has 0 fully saturated rings. The summed E-state index contributed by atoms with van der Waals surface area (Å²) in [6.07, 6.45) is 0.544. The fraction of sp³-hybridized carbons (Fsp3) is 0.241. The number of nitrogens with one attached hydrogen (secondary N) is 1. The zero-order valence-electron chi connectivity index (χ0n) is 21.3. The molecule has 0 aliphatic carbocycles. The van der Waals surface area contributed by atoms with Gasteiger partial charge >= 0.3 is 0 Å². The van der Waals surface area contributed by atoms with E-state index in [-0.39, 0.29) is 30.1 Å². The van der Waals surface area contributed by atoms with Crippen LogP contribution in [0.4, 0.5) is 10.1 Å². The van der Waals surface area contributed by atoms with Crippen molar-refractivity contribution in [2.45, 2.75) is 38.0 Å². The number of ether oxygens (including phenoxy) is 1. The van der Waals surface area contributed by atoms with E-state index in [9.17, 15) is 14.0 Å². The summed E-state index contributed by atoms with van der Waals surface area (Å²) in [7, 11) is 1.61. The topological polar surface area (TPSA) is 83.4 Å². The van der Waals surface area contributed by atoms with E-state index in [1.165, 1.54) is 23.9 Å². The number of hydrogen-bond acceptors (Lipinski definition) is 6. The zero-order chi connectivity index (χ0) is 26.8. The highest BCUT2D eigenvalue weighted by Gasteiger charge is 2.39. The quantitative estimate of drug-likeness (QED) is 0.447. The third-order valence-corrected chi connectivity index (χ3v) is 7.82. The van der Waals surface area contributed by atoms with Gasteiger partial charge < -0.3 is 10.1 Å². The summed E-state index contributed by atoms with van der Waals surface area (Å²) >= 11 is 1.24. The summed E-state index contributed by atoms with van der Waals surface area (Å²) in [5.41, 5.74) is 5.44. The smallest absolute Gasteiger partial charge is 0.262 e. The second-order valence-electron chi connectivity index (χ2n) is 9.28. The molecule has 2 amide bonds. The van der Waals surface area contributed by atoms with Crippen LogP contribution in [0.15, 0.2) is 76.8 Å². The lowest BCUT2D eigenvalue weighted by atomic mass is 9.98. The number of carbonyl (C=O) groups excluding carboxylic acids is 2. The number of anilines is 1. The number of thioether (sulfide) groups is 1. The predicted octanol–water partition coefficient (Wildman–Crippen LogP) is 5.63. The molecule has 1 N–H and O–H groups in total. The minimum absolute atomic E-state index is 0.000992. The number of amidine groups is 1. The minimum Gasteiger partial charge on any atom is -0.497 e. The standard InChI is InChI=1S/C29H27FN4O3S/c1-17-4-11-22(14-18(17)2)31-27(35)16-26-28(36)32-29(38-26)34-25(20-7-12-23(37-3)13-8-20)15-24(33-34)19-5-9-21(30)10-6-19/h4-14,25-26H,15-16H2,1-3H3,(H,31,35)/t25-,26+/m1/s1. The van der Waals surface area contributed by atoms with Crippen molar-refractivity contribution < 1.29 is 18.7 Å². The first-order valence-electron chi connectivity index (χ1n) is 12.2. The molecule has 9 heteroatoms. The van der Waals surface area contributed by atoms with E-state index < -0.39 is 5.25 Å². The molecule has 0 unspecified atom stereocenters. The Morgan fingerprint density at radius 2 is 1.82 bits per heavy atom. The van der Waals surface area contributed by atoms with Crippen LogP contribution in [0.3, 0.4) is 0 Å². The van der Waals surface area contributed by atoms with Crippen LogP contribution in [-0.2, 0) is 9.59 Å². The van der Waals surface area contributed by atoms with E-state index in [1.54, 1.807) is 24.3 Å². The van der Waals surface area contributed by atoms with Crippen molar-refractivity contribution >= 4 is 40.1 Å². The molecule has 2 aliphatic rings. The number of rotatable bonds is 6. The molecule has 2 atom stereocenters. The largest absolute Gasteiger partial charge is 0.497 e. The number of methoxy groups -OCH3 is 1. The van der Waals surface area contributed by atoms with Gasteiger partial charge in [-0.25, -0.2) is 9.40 Å². The van der Waals surface area contributed by atoms with E-state index >= 15 is 0 Å². The Kier molecular flexibility index (Phi) is 7.28. The number of benzene rings is 3. The van der Waals surface area contributed by atoms with Crippen LogP contribution in [0.1, 0.15) is 41.1 Å². The van der Waals surface area contributed by atoms with Gasteiger partial charge in [0.25, 0.3) is 5.91 Å². The molecule has 0 saturated heterocycles. The lowest BCUT2D eigenvalue weighted by Gasteiger charge is -2.23. The number of hydrogen-bond donors (Lipinski definition) is 1. The number of hydrazone groups is 1. The Labute approximate surface area is 224 Å². The normalized spacial score (nSPS) is 18.8. The fourth-order valence-electron chi connectivity index (χ4n) is 4.39. The SMILES string of the molecule is COc1ccc([C@H]2CC(c3ccc(F)cc3)=NN2C2=NC(=O)[C@H](CC(=O)Nc3ccc(C)c(C)c3)S2)cc1. The van der Waals surface area contributed by atoms with Gasteiger partial charge in [-0.05, 0) is 72.5 Å². The van der Waals surface area contributed by atoms with Gasteiger partial charge in [-0.15, -0.1) is 0 Å². The number of aliphatic imine (C=N–C) groups is 1. The molecule has 7 nitrogen and oxygen atoms in total. The number of amides is 2. The van der Waals surface area contributed by atoms with E-state index in [0.717, 1.165) is 33.7 Å². The number of halogens is 1. The third-order valence-electron chi connectivity index (χ3n) is 6.67. The molecule has 2 heterocycles. The van der Waals surface area contributed by atoms with Gasteiger partial charge in [-0.2, -0.15) is 10.1 Å². The lowest BCUT2D eigenvalue weighted by molar-refractivity contribution is -0.121. The molecule has 0 spiro atoms. The van der Waals surface area contributed by atoms with Crippen molar-refractivity contribution in [3.8, 4) is 5.75 Å². The van der Waals surface area contributed by atoms with E-state index in [2.05, 4.69) is 10.3 Å². The molecule has 0 radical (unpaired) electrons. The highest BCUT2D eigenvalue weighted by atomic mass is 32.2. The molecule has 0 bridgehead atoms. The van der Waals surface area contributed by atoms with Crippen LogP contribution >= 0.6 is 11.8 Å². The first-order chi connectivity index (χ1) is 18.3. The van der Waals surface area contributed by atoms with Crippen molar-refractivity contribution in [1.82, 2.24) is 5.01 Å². The van der Waals surface area contributed by atoms with E-state index in [0.29, 0.717) is 17.3 Å². The summed E-state index contributed by atoms with van der Waals surface area (Å²) in [6, 6.07) is 19.3. The van der Waals surface area contributed by atoms with Gasteiger partial charge in [0.15, 0.2) is 5.17 Å². The summed E-state index contributed by atoms with van der Waals surface area (Å²) in [6.45, 7) is 3.99. The average Bonchev–Trinajstić information content (AvgIpc) is 3.50. The van der Waals surface area contributed by atoms with E-state index in [1.807, 2.05) is 56.3 Å². The molecule has 194 valence electrons. The molecule has 38 heavy (non-hydrogen) atoms. The Bertz CT molecular complexity index is 1440. The molecule has 3 aromatic rings. The molecule has 0 saturated carbocycles. The average molecular weight is 531 g/mol. The van der Waals surface area contributed by atoms with Crippen molar-refractivity contribution in [1.29, 1.82) is 0 Å². The fourth-order valence-corrected chi connectivity index (χ4v) is 5.45. The summed E-state index contributed by atoms with van der Waals surface area (Å²) in [5, 5.41) is 9.22. The molecular weight excluding hydrogens is 503 g/mol. The Hall–Kier alpha value is -3.98. The maximum Gasteiger partial charge on any atom is 0.262 e. The number of aryl methyl sites for hydroxylation is 2. The summed E-state index contributed by atoms with van der Waals surface area (Å²) in [4.78, 5) is 29.8. The van der Waals surface area contributed by atoms with Gasteiger partial charge in [0, 0.05) is 18.5 Å². The summed E-state index contributed by atoms with van der Waals surface area (Å²) in [5.74, 6) is -0.201. The van der Waals surface area contributed by atoms with Gasteiger partial charge in [0.2, 0.25) is 5.91 Å². The predicted molar refractivity (Wildman–Crippen MR) is 148 cm³/mol. The number of carbonyl (C=O) groups is 2. The van der Waals surface area contributed by atoms with E-state index in [4.69, 9.17) is 9.84 Å². The van der Waals surface area contributed by atoms with Crippen molar-refractivity contribution in [2.24, 2.45) is 10.1 Å². The van der Waals surface area contributed by atoms with Crippen LogP contribution in [0, 0.1) is 19.7 Å². The van der Waals surface area contributed by atoms with Gasteiger partial charge in [0.1, 0.15) is 16.8 Å². The highest BCUT2D eigenvalue weighted by Crippen LogP contribution is 2.39. The molecule has 0 aromatic heterocycles. The molecule has 2 aliphatic heterocycles. The zero-order valence-corrected chi connectivity index (χ0v) is 22.1. The highest BCUT2D eigenvalue weighted by molar-refractivity contribution is 8.15. The third kappa shape index (κ3) is 5.47. The molecule has 5 rings (SSSR count). The minimum atomic E-state index is -0.641. The van der Waals surface area contributed by atoms with Crippen LogP contribution in [0.5, 0.6) is 5.75 Å². The second kappa shape index (κ2) is 10.8. The molecular formula is C29H27FN4O3S. The van der Waals surface area contributed by atoms with Crippen molar-refractivity contribution in [3.05, 3.63) is 94.8 Å². The first-order valence-corrected chi connectivity index (χ1v) is 13.1. The van der Waals surface area contributed by atoms with Crippen LogP contribution in [-0.4, -0.2) is 40.1 Å². The van der Waals surface area contributed by atoms with Gasteiger partial charge in [-0.3, -0.25) is 9.59 Å². The van der Waals surface area contributed by atoms with Crippen LogP contribution in [0.25, 0.3) is 0 Å². The van der Waals surface area contributed by atoms with Crippen LogP contribution in [0.2, 0.25) is 0 Å².